The highest BCUT2D eigenvalue weighted by molar-refractivity contribution is 6.39. The molecule has 1 saturated carbocycles. The molecule has 3 aromatic carbocycles. The van der Waals surface area contributed by atoms with E-state index in [2.05, 4.69) is 5.32 Å². The Kier molecular flexibility index (Phi) is 5.77. The van der Waals surface area contributed by atoms with Crippen molar-refractivity contribution in [3.8, 4) is 0 Å². The highest BCUT2D eigenvalue weighted by atomic mass is 35.5. The summed E-state index contributed by atoms with van der Waals surface area (Å²) in [5.41, 5.74) is 1.99. The molecular formula is C26H19Cl2FN2O4. The maximum atomic E-state index is 14.0. The Bertz CT molecular complexity index is 1350. The number of halogens is 3. The van der Waals surface area contributed by atoms with Gasteiger partial charge in [0, 0.05) is 12.1 Å². The zero-order valence-corrected chi connectivity index (χ0v) is 19.7. The molecule has 0 aromatic heterocycles. The molecular weight excluding hydrogens is 494 g/mol. The fraction of sp³-hybridized carbons (Fsp3) is 0.192. The minimum atomic E-state index is -1.24. The number of carboxylic acids is 1. The number of nitrogens with zero attached hydrogens (tertiary/aromatic N) is 1. The van der Waals surface area contributed by atoms with E-state index in [1.165, 1.54) is 29.2 Å². The van der Waals surface area contributed by atoms with Gasteiger partial charge in [0.1, 0.15) is 11.9 Å². The van der Waals surface area contributed by atoms with Crippen LogP contribution in [-0.2, 0) is 21.4 Å². The number of fused-ring (bicyclic) bond motifs is 2. The minimum absolute atomic E-state index is 0.00452. The van der Waals surface area contributed by atoms with Crippen LogP contribution >= 0.6 is 23.2 Å². The van der Waals surface area contributed by atoms with Crippen molar-refractivity contribution in [2.45, 2.75) is 30.7 Å². The molecule has 35 heavy (non-hydrogen) atoms. The van der Waals surface area contributed by atoms with Crippen LogP contribution in [0.5, 0.6) is 0 Å². The Balaban J connectivity index is 1.36. The molecule has 9 heteroatoms. The summed E-state index contributed by atoms with van der Waals surface area (Å²) in [6.07, 6.45) is 1.45. The molecule has 2 N–H and O–H groups in total. The van der Waals surface area contributed by atoms with Crippen LogP contribution in [-0.4, -0.2) is 28.9 Å². The molecule has 0 unspecified atom stereocenters. The molecule has 1 heterocycles. The van der Waals surface area contributed by atoms with Gasteiger partial charge in [-0.2, -0.15) is 0 Å². The monoisotopic (exact) mass is 512 g/mol. The summed E-state index contributed by atoms with van der Waals surface area (Å²) < 4.78 is 14.0. The van der Waals surface area contributed by atoms with Crippen molar-refractivity contribution in [1.29, 1.82) is 0 Å². The number of rotatable bonds is 6. The van der Waals surface area contributed by atoms with Crippen molar-refractivity contribution in [2.75, 3.05) is 4.90 Å². The lowest BCUT2D eigenvalue weighted by Crippen LogP contribution is -2.42. The summed E-state index contributed by atoms with van der Waals surface area (Å²) in [6, 6.07) is 14.5. The third-order valence-corrected chi connectivity index (χ3v) is 7.14. The Labute approximate surface area is 210 Å². The van der Waals surface area contributed by atoms with E-state index in [9.17, 15) is 23.9 Å². The SMILES string of the molecule is O=C(N[C@@H](Cc1ccc(N2C(=O)C3(CC3)c3ccc(F)cc32)cc1)C(=O)O)c1c(Cl)cccc1Cl. The number of carbonyl (C=O) groups excluding carboxylic acids is 2. The van der Waals surface area contributed by atoms with E-state index in [0.29, 0.717) is 16.9 Å². The summed E-state index contributed by atoms with van der Waals surface area (Å²) in [5.74, 6) is -2.42. The second kappa shape index (κ2) is 8.66. The summed E-state index contributed by atoms with van der Waals surface area (Å²) in [5, 5.41) is 12.4. The number of carboxylic acid groups (broad SMARTS) is 1. The summed E-state index contributed by atoms with van der Waals surface area (Å²) in [6.45, 7) is 0. The van der Waals surface area contributed by atoms with Crippen LogP contribution in [0.25, 0.3) is 0 Å². The first-order chi connectivity index (χ1) is 16.7. The number of anilines is 2. The zero-order chi connectivity index (χ0) is 24.9. The third kappa shape index (κ3) is 4.05. The molecule has 0 saturated heterocycles. The van der Waals surface area contributed by atoms with Crippen molar-refractivity contribution in [1.82, 2.24) is 5.32 Å². The average molecular weight is 513 g/mol. The Morgan fingerprint density at radius 2 is 1.71 bits per heavy atom. The van der Waals surface area contributed by atoms with Gasteiger partial charge in [-0.05, 0) is 60.4 Å². The number of amides is 2. The van der Waals surface area contributed by atoms with E-state index in [-0.39, 0.29) is 27.9 Å². The van der Waals surface area contributed by atoms with E-state index < -0.39 is 29.2 Å². The van der Waals surface area contributed by atoms with E-state index in [0.717, 1.165) is 18.4 Å². The van der Waals surface area contributed by atoms with Crippen molar-refractivity contribution in [2.24, 2.45) is 0 Å². The van der Waals surface area contributed by atoms with Crippen molar-refractivity contribution in [3.63, 3.8) is 0 Å². The largest absolute Gasteiger partial charge is 0.480 e. The number of aliphatic carboxylic acids is 1. The van der Waals surface area contributed by atoms with Crippen molar-refractivity contribution < 1.29 is 23.9 Å². The lowest BCUT2D eigenvalue weighted by atomic mass is 9.98. The zero-order valence-electron chi connectivity index (χ0n) is 18.2. The third-order valence-electron chi connectivity index (χ3n) is 6.51. The lowest BCUT2D eigenvalue weighted by molar-refractivity contribution is -0.139. The molecule has 1 atom stereocenters. The van der Waals surface area contributed by atoms with Crippen LogP contribution in [0.4, 0.5) is 15.8 Å². The number of nitrogens with one attached hydrogen (secondary N) is 1. The van der Waals surface area contributed by atoms with Crippen LogP contribution in [0.3, 0.4) is 0 Å². The van der Waals surface area contributed by atoms with E-state index in [4.69, 9.17) is 23.2 Å². The van der Waals surface area contributed by atoms with Gasteiger partial charge >= 0.3 is 5.97 Å². The van der Waals surface area contributed by atoms with E-state index in [1.54, 1.807) is 36.4 Å². The first-order valence-corrected chi connectivity index (χ1v) is 11.7. The first-order valence-electron chi connectivity index (χ1n) is 10.9. The number of carbonyl (C=O) groups is 3. The van der Waals surface area contributed by atoms with Crippen LogP contribution in [0.1, 0.15) is 34.3 Å². The average Bonchev–Trinajstić information content (AvgIpc) is 3.57. The molecule has 5 rings (SSSR count). The molecule has 0 radical (unpaired) electrons. The summed E-state index contributed by atoms with van der Waals surface area (Å²) in [4.78, 5) is 39.2. The Morgan fingerprint density at radius 1 is 1.06 bits per heavy atom. The molecule has 3 aromatic rings. The maximum Gasteiger partial charge on any atom is 0.326 e. The standard InChI is InChI=1S/C26H19Cl2FN2O4/c27-18-2-1-3-19(28)22(18)23(32)30-20(24(33)34)12-14-4-7-16(8-5-14)31-21-13-15(29)6-9-17(21)26(10-11-26)25(31)35/h1-9,13,20H,10-12H2,(H,30,32)(H,33,34)/t20-/m0/s1. The lowest BCUT2D eigenvalue weighted by Gasteiger charge is -2.19. The van der Waals surface area contributed by atoms with Gasteiger partial charge < -0.3 is 10.4 Å². The summed E-state index contributed by atoms with van der Waals surface area (Å²) >= 11 is 12.1. The second-order valence-electron chi connectivity index (χ2n) is 8.72. The summed E-state index contributed by atoms with van der Waals surface area (Å²) in [7, 11) is 0. The van der Waals surface area contributed by atoms with Crippen molar-refractivity contribution >= 4 is 52.4 Å². The predicted octanol–water partition coefficient (Wildman–Crippen LogP) is 5.27. The molecule has 178 valence electrons. The van der Waals surface area contributed by atoms with Crippen molar-refractivity contribution in [3.05, 3.63) is 93.2 Å². The molecule has 1 fully saturated rings. The minimum Gasteiger partial charge on any atom is -0.480 e. The molecule has 2 aliphatic rings. The van der Waals surface area contributed by atoms with Gasteiger partial charge in [-0.3, -0.25) is 14.5 Å². The highest BCUT2D eigenvalue weighted by Gasteiger charge is 2.59. The number of benzene rings is 3. The van der Waals surface area contributed by atoms with Crippen LogP contribution < -0.4 is 10.2 Å². The highest BCUT2D eigenvalue weighted by Crippen LogP contribution is 2.59. The van der Waals surface area contributed by atoms with Gasteiger partial charge in [0.05, 0.1) is 26.7 Å². The van der Waals surface area contributed by atoms with Gasteiger partial charge in [0.15, 0.2) is 0 Å². The molecule has 2 amide bonds. The number of hydrogen-bond donors (Lipinski definition) is 2. The molecule has 1 spiro atoms. The van der Waals surface area contributed by atoms with Crippen LogP contribution in [0, 0.1) is 5.82 Å². The van der Waals surface area contributed by atoms with Crippen LogP contribution in [0.15, 0.2) is 60.7 Å². The quantitative estimate of drug-likeness (QED) is 0.471. The Hall–Kier alpha value is -3.42. The van der Waals surface area contributed by atoms with Crippen LogP contribution in [0.2, 0.25) is 10.0 Å². The van der Waals surface area contributed by atoms with E-state index in [1.807, 2.05) is 0 Å². The predicted molar refractivity (Wildman–Crippen MR) is 130 cm³/mol. The van der Waals surface area contributed by atoms with Gasteiger partial charge in [0.2, 0.25) is 5.91 Å². The maximum absolute atomic E-state index is 14.0. The second-order valence-corrected chi connectivity index (χ2v) is 9.53. The fourth-order valence-electron chi connectivity index (χ4n) is 4.56. The van der Waals surface area contributed by atoms with Gasteiger partial charge in [-0.25, -0.2) is 9.18 Å². The first kappa shape index (κ1) is 23.3. The number of hydrogen-bond acceptors (Lipinski definition) is 3. The molecule has 6 nitrogen and oxygen atoms in total. The topological polar surface area (TPSA) is 86.7 Å². The smallest absolute Gasteiger partial charge is 0.326 e. The van der Waals surface area contributed by atoms with Gasteiger partial charge in [-0.1, -0.05) is 47.5 Å². The van der Waals surface area contributed by atoms with Gasteiger partial charge in [-0.15, -0.1) is 0 Å². The fourth-order valence-corrected chi connectivity index (χ4v) is 5.13. The normalized spacial score (nSPS) is 16.2. The Morgan fingerprint density at radius 3 is 2.31 bits per heavy atom. The molecule has 0 bridgehead atoms. The molecule has 1 aliphatic heterocycles. The van der Waals surface area contributed by atoms with Gasteiger partial charge in [0.25, 0.3) is 5.91 Å². The molecule has 1 aliphatic carbocycles. The van der Waals surface area contributed by atoms with E-state index >= 15 is 0 Å².